The van der Waals surface area contributed by atoms with Gasteiger partial charge >= 0.3 is 0 Å². The van der Waals surface area contributed by atoms with Gasteiger partial charge in [0.15, 0.2) is 0 Å². The van der Waals surface area contributed by atoms with Gasteiger partial charge in [0, 0.05) is 19.2 Å². The van der Waals surface area contributed by atoms with Gasteiger partial charge < -0.3 is 11.1 Å². The number of hydrogen-bond donors (Lipinski definition) is 2. The molecule has 1 aromatic heterocycles. The second kappa shape index (κ2) is 7.75. The van der Waals surface area contributed by atoms with Gasteiger partial charge in [-0.2, -0.15) is 5.10 Å². The van der Waals surface area contributed by atoms with Gasteiger partial charge in [0.1, 0.15) is 5.82 Å². The number of nitrogens with one attached hydrogen (secondary N) is 1. The molecule has 0 spiro atoms. The second-order valence-electron chi connectivity index (χ2n) is 4.56. The molecule has 2 rings (SSSR count). The maximum Gasteiger partial charge on any atom is 0.236 e. The van der Waals surface area contributed by atoms with Crippen LogP contribution in [0.5, 0.6) is 0 Å². The van der Waals surface area contributed by atoms with Crippen LogP contribution in [0.1, 0.15) is 12.6 Å². The summed E-state index contributed by atoms with van der Waals surface area (Å²) in [4.78, 5) is 11.3. The lowest BCUT2D eigenvalue weighted by molar-refractivity contribution is -0.121. The molecule has 0 bridgehead atoms. The molecule has 21 heavy (non-hydrogen) atoms. The summed E-state index contributed by atoms with van der Waals surface area (Å²) in [6.45, 7) is 2.12. The molecule has 1 amide bonds. The van der Waals surface area contributed by atoms with Crippen LogP contribution in [0.3, 0.4) is 0 Å². The zero-order valence-corrected chi connectivity index (χ0v) is 12.4. The first-order valence-electron chi connectivity index (χ1n) is 6.40. The Kier molecular flexibility index (Phi) is 6.33. The summed E-state index contributed by atoms with van der Waals surface area (Å²) in [5, 5.41) is 7.09. The van der Waals surface area contributed by atoms with Gasteiger partial charge in [-0.25, -0.2) is 9.07 Å². The number of carbonyl (C=O) groups excluding carboxylic acids is 1. The fourth-order valence-corrected chi connectivity index (χ4v) is 1.71. The third-order valence-corrected chi connectivity index (χ3v) is 2.83. The zero-order valence-electron chi connectivity index (χ0n) is 11.6. The van der Waals surface area contributed by atoms with Crippen molar-refractivity contribution < 1.29 is 9.18 Å². The van der Waals surface area contributed by atoms with Crippen LogP contribution < -0.4 is 11.1 Å². The molecule has 0 aliphatic carbocycles. The summed E-state index contributed by atoms with van der Waals surface area (Å²) in [5.74, 6) is -0.456. The SMILES string of the molecule is C[C@H](N)C(=O)NCCc1ccn(-c2ccc(F)cc2)n1.Cl. The van der Waals surface area contributed by atoms with Crippen molar-refractivity contribution in [1.82, 2.24) is 15.1 Å². The molecule has 0 fully saturated rings. The number of nitrogens with two attached hydrogens (primary N) is 1. The highest BCUT2D eigenvalue weighted by molar-refractivity contribution is 5.85. The van der Waals surface area contributed by atoms with E-state index in [1.54, 1.807) is 29.9 Å². The Morgan fingerprint density at radius 2 is 2.05 bits per heavy atom. The van der Waals surface area contributed by atoms with Crippen LogP contribution in [0, 0.1) is 5.82 Å². The van der Waals surface area contributed by atoms with E-state index in [0.29, 0.717) is 13.0 Å². The summed E-state index contributed by atoms with van der Waals surface area (Å²) in [5.41, 5.74) is 7.08. The first-order chi connectivity index (χ1) is 9.56. The van der Waals surface area contributed by atoms with E-state index >= 15 is 0 Å². The Balaban J connectivity index is 0.00000220. The van der Waals surface area contributed by atoms with Gasteiger partial charge in [-0.05, 0) is 37.3 Å². The number of nitrogens with zero attached hydrogens (tertiary/aromatic N) is 2. The van der Waals surface area contributed by atoms with Crippen LogP contribution >= 0.6 is 12.4 Å². The summed E-state index contributed by atoms with van der Waals surface area (Å²) in [6, 6.07) is 7.45. The monoisotopic (exact) mass is 312 g/mol. The molecule has 0 aliphatic heterocycles. The Bertz CT molecular complexity index is 583. The number of rotatable bonds is 5. The molecule has 0 unspecified atom stereocenters. The van der Waals surface area contributed by atoms with Gasteiger partial charge in [0.25, 0.3) is 0 Å². The van der Waals surface area contributed by atoms with E-state index in [1.165, 1.54) is 12.1 Å². The maximum absolute atomic E-state index is 12.8. The zero-order chi connectivity index (χ0) is 14.5. The van der Waals surface area contributed by atoms with Crippen LogP contribution in [0.15, 0.2) is 36.5 Å². The molecule has 7 heteroatoms. The second-order valence-corrected chi connectivity index (χ2v) is 4.56. The minimum atomic E-state index is -0.508. The van der Waals surface area contributed by atoms with Crippen molar-refractivity contribution in [2.75, 3.05) is 6.54 Å². The van der Waals surface area contributed by atoms with E-state index in [-0.39, 0.29) is 24.1 Å². The molecule has 1 atom stereocenters. The van der Waals surface area contributed by atoms with Gasteiger partial charge in [0.05, 0.1) is 17.4 Å². The summed E-state index contributed by atoms with van der Waals surface area (Å²) >= 11 is 0. The molecule has 0 saturated carbocycles. The van der Waals surface area contributed by atoms with Crippen molar-refractivity contribution >= 4 is 18.3 Å². The van der Waals surface area contributed by atoms with Crippen molar-refractivity contribution in [2.45, 2.75) is 19.4 Å². The Morgan fingerprint density at radius 1 is 1.38 bits per heavy atom. The lowest BCUT2D eigenvalue weighted by atomic mass is 10.3. The molecule has 3 N–H and O–H groups in total. The predicted molar refractivity (Wildman–Crippen MR) is 81.1 cm³/mol. The fraction of sp³-hybridized carbons (Fsp3) is 0.286. The number of halogens is 2. The highest BCUT2D eigenvalue weighted by Gasteiger charge is 2.07. The standard InChI is InChI=1S/C14H17FN4O.ClH/c1-10(16)14(20)17-8-6-12-7-9-19(18-12)13-4-2-11(15)3-5-13;/h2-5,7,9-10H,6,8,16H2,1H3,(H,17,20);1H/t10-;/m0./s1. The van der Waals surface area contributed by atoms with Gasteiger partial charge in [-0.15, -0.1) is 12.4 Å². The van der Waals surface area contributed by atoms with Crippen molar-refractivity contribution in [1.29, 1.82) is 0 Å². The van der Waals surface area contributed by atoms with Crippen molar-refractivity contribution in [3.63, 3.8) is 0 Å². The average Bonchev–Trinajstić information content (AvgIpc) is 2.88. The predicted octanol–water partition coefficient (Wildman–Crippen LogP) is 1.44. The minimum Gasteiger partial charge on any atom is -0.354 e. The third-order valence-electron chi connectivity index (χ3n) is 2.83. The molecule has 0 radical (unpaired) electrons. The van der Waals surface area contributed by atoms with Crippen LogP contribution in [0.2, 0.25) is 0 Å². The number of carbonyl (C=O) groups is 1. The summed E-state index contributed by atoms with van der Waals surface area (Å²) < 4.78 is 14.5. The Hall–Kier alpha value is -1.92. The van der Waals surface area contributed by atoms with Crippen molar-refractivity contribution in [3.8, 4) is 5.69 Å². The molecule has 1 aromatic carbocycles. The summed E-state index contributed by atoms with van der Waals surface area (Å²) in [6.07, 6.45) is 2.42. The van der Waals surface area contributed by atoms with Gasteiger partial charge in [-0.3, -0.25) is 4.79 Å². The Morgan fingerprint density at radius 3 is 2.67 bits per heavy atom. The van der Waals surface area contributed by atoms with Crippen LogP contribution in [0.4, 0.5) is 4.39 Å². The van der Waals surface area contributed by atoms with E-state index in [4.69, 9.17) is 5.73 Å². The van der Waals surface area contributed by atoms with Crippen molar-refractivity contribution in [3.05, 3.63) is 48.0 Å². The largest absolute Gasteiger partial charge is 0.354 e. The van der Waals surface area contributed by atoms with E-state index in [9.17, 15) is 9.18 Å². The minimum absolute atomic E-state index is 0. The van der Waals surface area contributed by atoms with E-state index in [1.807, 2.05) is 6.07 Å². The Labute approximate surface area is 128 Å². The lowest BCUT2D eigenvalue weighted by Crippen LogP contribution is -2.39. The topological polar surface area (TPSA) is 72.9 Å². The van der Waals surface area contributed by atoms with Crippen LogP contribution in [-0.4, -0.2) is 28.3 Å². The normalized spacial score (nSPS) is 11.6. The lowest BCUT2D eigenvalue weighted by Gasteiger charge is -2.06. The highest BCUT2D eigenvalue weighted by Crippen LogP contribution is 2.09. The summed E-state index contributed by atoms with van der Waals surface area (Å²) in [7, 11) is 0. The molecule has 0 saturated heterocycles. The van der Waals surface area contributed by atoms with E-state index in [2.05, 4.69) is 10.4 Å². The van der Waals surface area contributed by atoms with E-state index < -0.39 is 6.04 Å². The van der Waals surface area contributed by atoms with Crippen LogP contribution in [0.25, 0.3) is 5.69 Å². The fourth-order valence-electron chi connectivity index (χ4n) is 1.71. The average molecular weight is 313 g/mol. The molecule has 5 nitrogen and oxygen atoms in total. The van der Waals surface area contributed by atoms with Crippen molar-refractivity contribution in [2.24, 2.45) is 5.73 Å². The number of hydrogen-bond acceptors (Lipinski definition) is 3. The molecule has 1 heterocycles. The first-order valence-corrected chi connectivity index (χ1v) is 6.40. The van der Waals surface area contributed by atoms with Gasteiger partial charge in [0.2, 0.25) is 5.91 Å². The van der Waals surface area contributed by atoms with E-state index in [0.717, 1.165) is 11.4 Å². The van der Waals surface area contributed by atoms with Crippen LogP contribution in [-0.2, 0) is 11.2 Å². The molecular weight excluding hydrogens is 295 g/mol. The number of benzene rings is 1. The number of aromatic nitrogens is 2. The molecule has 0 aliphatic rings. The third kappa shape index (κ3) is 4.84. The quantitative estimate of drug-likeness (QED) is 0.877. The molecular formula is C14H18ClFN4O. The molecule has 114 valence electrons. The molecule has 2 aromatic rings. The smallest absolute Gasteiger partial charge is 0.236 e. The van der Waals surface area contributed by atoms with Gasteiger partial charge in [-0.1, -0.05) is 0 Å². The maximum atomic E-state index is 12.8. The highest BCUT2D eigenvalue weighted by atomic mass is 35.5. The first kappa shape index (κ1) is 17.1. The number of amides is 1.